The Balaban J connectivity index is 2.89. The first-order valence-electron chi connectivity index (χ1n) is 4.37. The lowest BCUT2D eigenvalue weighted by molar-refractivity contribution is 0.607. The molecule has 0 saturated heterocycles. The Morgan fingerprint density at radius 2 is 2.14 bits per heavy atom. The van der Waals surface area contributed by atoms with Gasteiger partial charge in [0.05, 0.1) is 0 Å². The lowest BCUT2D eigenvalue weighted by Gasteiger charge is -2.13. The summed E-state index contributed by atoms with van der Waals surface area (Å²) in [4.78, 5) is 6.28. The molecule has 0 amide bonds. The lowest BCUT2D eigenvalue weighted by Crippen LogP contribution is -2.20. The van der Waals surface area contributed by atoms with E-state index >= 15 is 0 Å². The van der Waals surface area contributed by atoms with Gasteiger partial charge in [-0.15, -0.1) is 10.2 Å². The molecule has 0 aliphatic heterocycles. The zero-order valence-corrected chi connectivity index (χ0v) is 9.28. The Morgan fingerprint density at radius 3 is 2.57 bits per heavy atom. The highest BCUT2D eigenvalue weighted by Gasteiger charge is 2.00. The third kappa shape index (κ3) is 2.96. The van der Waals surface area contributed by atoms with Crippen LogP contribution in [-0.4, -0.2) is 35.0 Å². The van der Waals surface area contributed by atoms with Crippen LogP contribution in [0.15, 0.2) is 17.1 Å². The van der Waals surface area contributed by atoms with E-state index in [1.165, 1.54) is 0 Å². The van der Waals surface area contributed by atoms with E-state index in [-0.39, 0.29) is 0 Å². The third-order valence-electron chi connectivity index (χ3n) is 1.69. The van der Waals surface area contributed by atoms with Crippen LogP contribution >= 0.6 is 11.6 Å². The molecule has 0 aliphatic carbocycles. The second-order valence-electron chi connectivity index (χ2n) is 2.99. The summed E-state index contributed by atoms with van der Waals surface area (Å²) in [6.07, 6.45) is 0.858. The van der Waals surface area contributed by atoms with Crippen molar-refractivity contribution in [3.05, 3.63) is 17.3 Å². The lowest BCUT2D eigenvalue weighted by atomic mass is 10.4. The maximum atomic E-state index is 5.61. The highest BCUT2D eigenvalue weighted by Crippen LogP contribution is 2.10. The summed E-state index contributed by atoms with van der Waals surface area (Å²) in [6.45, 7) is 2.04. The molecule has 0 radical (unpaired) electrons. The van der Waals surface area contributed by atoms with E-state index < -0.39 is 0 Å². The molecule has 0 N–H and O–H groups in total. The molecule has 5 heteroatoms. The highest BCUT2D eigenvalue weighted by molar-refractivity contribution is 6.29. The number of nitrogens with zero attached hydrogens (tertiary/aromatic N) is 4. The van der Waals surface area contributed by atoms with Crippen LogP contribution in [0, 0.1) is 0 Å². The average Bonchev–Trinajstić information content (AvgIpc) is 2.16. The fourth-order valence-corrected chi connectivity index (χ4v) is 1.10. The van der Waals surface area contributed by atoms with E-state index in [1.807, 2.05) is 25.9 Å². The van der Waals surface area contributed by atoms with Gasteiger partial charge in [-0.25, -0.2) is 4.99 Å². The van der Waals surface area contributed by atoms with Crippen molar-refractivity contribution in [1.29, 1.82) is 0 Å². The van der Waals surface area contributed by atoms with Crippen LogP contribution in [0.5, 0.6) is 0 Å². The van der Waals surface area contributed by atoms with Crippen LogP contribution in [-0.2, 0) is 0 Å². The van der Waals surface area contributed by atoms with E-state index in [9.17, 15) is 0 Å². The predicted octanol–water partition coefficient (Wildman–Crippen LogP) is 2.13. The number of rotatable bonds is 2. The highest BCUT2D eigenvalue weighted by atomic mass is 35.5. The van der Waals surface area contributed by atoms with Gasteiger partial charge in [0.25, 0.3) is 0 Å². The number of hydrogen-bond donors (Lipinski definition) is 0. The Morgan fingerprint density at radius 1 is 1.43 bits per heavy atom. The van der Waals surface area contributed by atoms with Crippen LogP contribution in [0.2, 0.25) is 5.15 Å². The molecule has 1 aromatic heterocycles. The summed E-state index contributed by atoms with van der Waals surface area (Å²) in [5, 5.41) is 7.95. The van der Waals surface area contributed by atoms with Crippen molar-refractivity contribution in [1.82, 2.24) is 15.1 Å². The molecule has 76 valence electrons. The second-order valence-corrected chi connectivity index (χ2v) is 3.38. The number of aromatic nitrogens is 2. The van der Waals surface area contributed by atoms with Crippen LogP contribution in [0.25, 0.3) is 0 Å². The molecular formula is C9H13ClN4. The minimum atomic E-state index is 0.381. The normalized spacial score (nSPS) is 11.6. The van der Waals surface area contributed by atoms with Crippen LogP contribution in [0.4, 0.5) is 5.82 Å². The minimum Gasteiger partial charge on any atom is -0.366 e. The van der Waals surface area contributed by atoms with Crippen molar-refractivity contribution >= 4 is 23.3 Å². The molecule has 0 unspecified atom stereocenters. The largest absolute Gasteiger partial charge is 0.366 e. The van der Waals surface area contributed by atoms with Crippen molar-refractivity contribution in [2.24, 2.45) is 4.99 Å². The van der Waals surface area contributed by atoms with E-state index in [0.717, 1.165) is 12.3 Å². The third-order valence-corrected chi connectivity index (χ3v) is 1.90. The van der Waals surface area contributed by atoms with Crippen LogP contribution in [0.1, 0.15) is 13.3 Å². The van der Waals surface area contributed by atoms with Gasteiger partial charge in [0.1, 0.15) is 5.84 Å². The summed E-state index contributed by atoms with van der Waals surface area (Å²) in [7, 11) is 3.90. The molecule has 0 aromatic carbocycles. The maximum absolute atomic E-state index is 5.61. The number of hydrogen-bond acceptors (Lipinski definition) is 3. The number of amidine groups is 1. The Labute approximate surface area is 88.6 Å². The fraction of sp³-hybridized carbons (Fsp3) is 0.444. The monoisotopic (exact) mass is 212 g/mol. The van der Waals surface area contributed by atoms with Gasteiger partial charge in [-0.2, -0.15) is 0 Å². The van der Waals surface area contributed by atoms with Crippen molar-refractivity contribution in [3.63, 3.8) is 0 Å². The molecule has 0 fully saturated rings. The molecule has 0 spiro atoms. The zero-order valence-electron chi connectivity index (χ0n) is 8.53. The van der Waals surface area contributed by atoms with E-state index in [0.29, 0.717) is 11.0 Å². The van der Waals surface area contributed by atoms with Gasteiger partial charge in [0.15, 0.2) is 11.0 Å². The Bertz CT molecular complexity index is 318. The molecule has 4 nitrogen and oxygen atoms in total. The average molecular weight is 213 g/mol. The molecule has 0 bridgehead atoms. The SMILES string of the molecule is CCC(=Nc1ccc(Cl)nn1)N(C)C. The molecule has 1 heterocycles. The van der Waals surface area contributed by atoms with Crippen molar-refractivity contribution in [3.8, 4) is 0 Å². The van der Waals surface area contributed by atoms with Gasteiger partial charge < -0.3 is 4.90 Å². The molecule has 1 rings (SSSR count). The Kier molecular flexibility index (Phi) is 3.83. The summed E-state index contributed by atoms with van der Waals surface area (Å²) in [6, 6.07) is 3.42. The molecule has 1 aromatic rings. The van der Waals surface area contributed by atoms with Crippen molar-refractivity contribution in [2.45, 2.75) is 13.3 Å². The maximum Gasteiger partial charge on any atom is 0.176 e. The number of halogens is 1. The number of aliphatic imine (C=N–C) groups is 1. The summed E-state index contributed by atoms with van der Waals surface area (Å²) in [5.41, 5.74) is 0. The van der Waals surface area contributed by atoms with Crippen molar-refractivity contribution in [2.75, 3.05) is 14.1 Å². The van der Waals surface area contributed by atoms with Gasteiger partial charge in [0.2, 0.25) is 0 Å². The quantitative estimate of drug-likeness (QED) is 0.557. The van der Waals surface area contributed by atoms with Gasteiger partial charge in [-0.05, 0) is 12.1 Å². The van der Waals surface area contributed by atoms with E-state index in [1.54, 1.807) is 12.1 Å². The fourth-order valence-electron chi connectivity index (χ4n) is 0.996. The second kappa shape index (κ2) is 4.91. The van der Waals surface area contributed by atoms with E-state index in [2.05, 4.69) is 15.2 Å². The Hall–Kier alpha value is -1.16. The zero-order chi connectivity index (χ0) is 10.6. The summed E-state index contributed by atoms with van der Waals surface area (Å²) in [5.74, 6) is 1.54. The first-order chi connectivity index (χ1) is 6.63. The van der Waals surface area contributed by atoms with Gasteiger partial charge in [-0.1, -0.05) is 18.5 Å². The van der Waals surface area contributed by atoms with Crippen molar-refractivity contribution < 1.29 is 0 Å². The molecular weight excluding hydrogens is 200 g/mol. The standard InChI is InChI=1S/C9H13ClN4/c1-4-9(14(2)3)11-8-6-5-7(10)12-13-8/h5-6H,4H2,1-3H3. The molecule has 0 atom stereocenters. The van der Waals surface area contributed by atoms with Gasteiger partial charge >= 0.3 is 0 Å². The molecule has 0 aliphatic rings. The summed E-state index contributed by atoms with van der Waals surface area (Å²) >= 11 is 5.61. The molecule has 0 saturated carbocycles. The smallest absolute Gasteiger partial charge is 0.176 e. The van der Waals surface area contributed by atoms with Crippen LogP contribution in [0.3, 0.4) is 0 Å². The molecule has 14 heavy (non-hydrogen) atoms. The first-order valence-corrected chi connectivity index (χ1v) is 4.75. The van der Waals surface area contributed by atoms with Gasteiger partial charge in [0, 0.05) is 20.5 Å². The topological polar surface area (TPSA) is 41.4 Å². The van der Waals surface area contributed by atoms with Crippen LogP contribution < -0.4 is 0 Å². The minimum absolute atomic E-state index is 0.381. The first kappa shape index (κ1) is 10.9. The van der Waals surface area contributed by atoms with E-state index in [4.69, 9.17) is 11.6 Å². The van der Waals surface area contributed by atoms with Gasteiger partial charge in [-0.3, -0.25) is 0 Å². The predicted molar refractivity (Wildman–Crippen MR) is 58.1 cm³/mol. The summed E-state index contributed by atoms with van der Waals surface area (Å²) < 4.78 is 0.